The second-order valence-electron chi connectivity index (χ2n) is 13.5. The van der Waals surface area contributed by atoms with Crippen molar-refractivity contribution in [3.05, 3.63) is 51.6 Å². The number of carbonyl (C=O) groups excluding carboxylic acids is 2. The molecule has 0 saturated heterocycles. The molecular weight excluding hydrogens is 462 g/mol. The Morgan fingerprint density at radius 1 is 1.00 bits per heavy atom. The number of nitrogens with zero attached hydrogens (tertiary/aromatic N) is 2. The number of hydrogen-bond acceptors (Lipinski definition) is 5. The first kappa shape index (κ1) is 24.3. The zero-order valence-electron chi connectivity index (χ0n) is 22.7. The van der Waals surface area contributed by atoms with Gasteiger partial charge in [0.25, 0.3) is 0 Å². The van der Waals surface area contributed by atoms with Crippen molar-refractivity contribution < 1.29 is 14.3 Å². The fourth-order valence-electron chi connectivity index (χ4n) is 8.33. The van der Waals surface area contributed by atoms with Gasteiger partial charge < -0.3 is 15.4 Å². The summed E-state index contributed by atoms with van der Waals surface area (Å²) in [5.41, 5.74) is 8.27. The Balaban J connectivity index is 1.74. The molecule has 1 amide bonds. The molecule has 6 nitrogen and oxygen atoms in total. The molecule has 1 aromatic rings. The predicted octanol–water partition coefficient (Wildman–Crippen LogP) is 5.72. The SMILES string of the molecule is Cc1cc2c3c(c1)C1(C(=O)N3C3(CCCCCC3)CC2(C)C)C(C#N)=C(N)OC2=C1C(=O)CC(C)(C)C2. The molecule has 1 aromatic carbocycles. The van der Waals surface area contributed by atoms with Crippen molar-refractivity contribution in [1.82, 2.24) is 0 Å². The van der Waals surface area contributed by atoms with E-state index in [0.29, 0.717) is 24.2 Å². The number of carbonyl (C=O) groups is 2. The van der Waals surface area contributed by atoms with Crippen molar-refractivity contribution in [2.75, 3.05) is 4.90 Å². The molecule has 6 rings (SSSR count). The highest BCUT2D eigenvalue weighted by atomic mass is 16.5. The molecule has 1 saturated carbocycles. The number of ether oxygens (including phenoxy) is 1. The fourth-order valence-corrected chi connectivity index (χ4v) is 8.33. The third-order valence-corrected chi connectivity index (χ3v) is 9.59. The van der Waals surface area contributed by atoms with Gasteiger partial charge in [-0.25, -0.2) is 0 Å². The average Bonchev–Trinajstić information content (AvgIpc) is 2.91. The Bertz CT molecular complexity index is 1360. The Labute approximate surface area is 219 Å². The van der Waals surface area contributed by atoms with E-state index in [1.807, 2.05) is 31.7 Å². The van der Waals surface area contributed by atoms with E-state index in [9.17, 15) is 10.1 Å². The number of nitriles is 1. The van der Waals surface area contributed by atoms with Gasteiger partial charge in [-0.2, -0.15) is 5.26 Å². The van der Waals surface area contributed by atoms with Crippen molar-refractivity contribution in [1.29, 1.82) is 5.26 Å². The quantitative estimate of drug-likeness (QED) is 0.492. The number of fused-ring (bicyclic) bond motifs is 3. The van der Waals surface area contributed by atoms with Crippen LogP contribution in [0, 0.1) is 23.7 Å². The molecule has 1 unspecified atom stereocenters. The Morgan fingerprint density at radius 3 is 2.30 bits per heavy atom. The van der Waals surface area contributed by atoms with Gasteiger partial charge in [-0.3, -0.25) is 9.59 Å². The molecule has 194 valence electrons. The molecule has 0 bridgehead atoms. The average molecular weight is 500 g/mol. The van der Waals surface area contributed by atoms with Crippen molar-refractivity contribution in [3.8, 4) is 6.07 Å². The number of ketones is 1. The van der Waals surface area contributed by atoms with Crippen molar-refractivity contribution >= 4 is 17.4 Å². The first-order chi connectivity index (χ1) is 17.4. The Kier molecular flexibility index (Phi) is 4.92. The van der Waals surface area contributed by atoms with Crippen LogP contribution in [0.2, 0.25) is 0 Å². The van der Waals surface area contributed by atoms with E-state index in [-0.39, 0.29) is 39.5 Å². The zero-order valence-corrected chi connectivity index (χ0v) is 22.7. The second-order valence-corrected chi connectivity index (χ2v) is 13.5. The summed E-state index contributed by atoms with van der Waals surface area (Å²) >= 11 is 0. The van der Waals surface area contributed by atoms with Gasteiger partial charge >= 0.3 is 0 Å². The maximum atomic E-state index is 15.2. The van der Waals surface area contributed by atoms with Gasteiger partial charge in [0.15, 0.2) is 5.78 Å². The summed E-state index contributed by atoms with van der Waals surface area (Å²) in [6.07, 6.45) is 7.97. The van der Waals surface area contributed by atoms with Gasteiger partial charge in [0.1, 0.15) is 22.8 Å². The van der Waals surface area contributed by atoms with Gasteiger partial charge in [0.2, 0.25) is 11.8 Å². The molecular formula is C31H37N3O3. The number of nitrogens with two attached hydrogens (primary N) is 1. The van der Waals surface area contributed by atoms with Crippen LogP contribution in [0.25, 0.3) is 0 Å². The van der Waals surface area contributed by atoms with Gasteiger partial charge in [-0.05, 0) is 42.6 Å². The number of anilines is 1. The summed E-state index contributed by atoms with van der Waals surface area (Å²) in [5.74, 6) is 0.0963. The van der Waals surface area contributed by atoms with E-state index in [1.54, 1.807) is 0 Å². The number of hydrogen-bond donors (Lipinski definition) is 1. The van der Waals surface area contributed by atoms with Crippen LogP contribution in [0.5, 0.6) is 0 Å². The fraction of sp³-hybridized carbons (Fsp3) is 0.581. The van der Waals surface area contributed by atoms with E-state index in [0.717, 1.165) is 67.3 Å². The predicted molar refractivity (Wildman–Crippen MR) is 141 cm³/mol. The third kappa shape index (κ3) is 3.03. The van der Waals surface area contributed by atoms with Crippen LogP contribution in [-0.4, -0.2) is 17.2 Å². The highest BCUT2D eigenvalue weighted by Crippen LogP contribution is 2.64. The normalized spacial score (nSPS) is 29.1. The third-order valence-electron chi connectivity index (χ3n) is 9.59. The van der Waals surface area contributed by atoms with Gasteiger partial charge in [0, 0.05) is 23.9 Å². The van der Waals surface area contributed by atoms with Crippen LogP contribution in [-0.2, 0) is 25.2 Å². The summed E-state index contributed by atoms with van der Waals surface area (Å²) in [6.45, 7) is 10.6. The van der Waals surface area contributed by atoms with Gasteiger partial charge in [-0.1, -0.05) is 71.1 Å². The van der Waals surface area contributed by atoms with Crippen LogP contribution in [0.15, 0.2) is 34.9 Å². The minimum Gasteiger partial charge on any atom is -0.444 e. The lowest BCUT2D eigenvalue weighted by molar-refractivity contribution is -0.126. The van der Waals surface area contributed by atoms with Crippen molar-refractivity contribution in [2.45, 2.75) is 109 Å². The molecule has 6 heteroatoms. The van der Waals surface area contributed by atoms with E-state index in [4.69, 9.17) is 10.5 Å². The van der Waals surface area contributed by atoms with E-state index in [1.165, 1.54) is 0 Å². The number of amides is 1. The number of benzene rings is 1. The van der Waals surface area contributed by atoms with E-state index >= 15 is 4.79 Å². The molecule has 1 atom stereocenters. The van der Waals surface area contributed by atoms with Crippen LogP contribution in [0.4, 0.5) is 5.69 Å². The standard InChI is InChI=1S/C31H37N3O3/c1-18-12-19-25-20(13-18)31(21(16-32)26(33)37-23-15-28(2,3)14-22(35)24(23)31)27(36)34(25)30(17-29(19,4)5)10-8-6-7-9-11-30/h12-13H,6-11,14-15,17,33H2,1-5H3. The molecule has 3 heterocycles. The molecule has 1 fully saturated rings. The molecule has 0 aromatic heterocycles. The maximum absolute atomic E-state index is 15.2. The van der Waals surface area contributed by atoms with Crippen LogP contribution >= 0.6 is 0 Å². The molecule has 37 heavy (non-hydrogen) atoms. The van der Waals surface area contributed by atoms with Crippen molar-refractivity contribution in [2.24, 2.45) is 11.1 Å². The summed E-state index contributed by atoms with van der Waals surface area (Å²) in [4.78, 5) is 31.2. The minimum absolute atomic E-state index is 0.0515. The molecule has 2 N–H and O–H groups in total. The Morgan fingerprint density at radius 2 is 1.65 bits per heavy atom. The maximum Gasteiger partial charge on any atom is 0.248 e. The monoisotopic (exact) mass is 499 g/mol. The summed E-state index contributed by atoms with van der Waals surface area (Å²) in [6, 6.07) is 6.48. The molecule has 3 aliphatic heterocycles. The highest BCUT2D eigenvalue weighted by Gasteiger charge is 2.67. The number of rotatable bonds is 0. The Hall–Kier alpha value is -3.07. The van der Waals surface area contributed by atoms with Crippen molar-refractivity contribution in [3.63, 3.8) is 0 Å². The summed E-state index contributed by atoms with van der Waals surface area (Å²) in [5, 5.41) is 10.5. The largest absolute Gasteiger partial charge is 0.444 e. The molecule has 2 spiro atoms. The van der Waals surface area contributed by atoms with Crippen LogP contribution in [0.1, 0.15) is 102 Å². The first-order valence-corrected chi connectivity index (χ1v) is 13.7. The number of Topliss-reactive ketones (excluding diaryl/α,β-unsaturated/α-hetero) is 1. The van der Waals surface area contributed by atoms with Crippen LogP contribution < -0.4 is 10.6 Å². The number of aryl methyl sites for hydroxylation is 1. The topological polar surface area (TPSA) is 96.4 Å². The summed E-state index contributed by atoms with van der Waals surface area (Å²) < 4.78 is 6.02. The van der Waals surface area contributed by atoms with E-state index in [2.05, 4.69) is 26.0 Å². The summed E-state index contributed by atoms with van der Waals surface area (Å²) in [7, 11) is 0. The molecule has 2 aliphatic carbocycles. The lowest BCUT2D eigenvalue weighted by Gasteiger charge is -2.52. The van der Waals surface area contributed by atoms with Gasteiger partial charge in [-0.15, -0.1) is 0 Å². The van der Waals surface area contributed by atoms with Crippen LogP contribution in [0.3, 0.4) is 0 Å². The van der Waals surface area contributed by atoms with E-state index < -0.39 is 5.41 Å². The minimum atomic E-state index is -1.55. The smallest absolute Gasteiger partial charge is 0.248 e. The first-order valence-electron chi connectivity index (χ1n) is 13.7. The highest BCUT2D eigenvalue weighted by molar-refractivity contribution is 6.21. The lowest BCUT2D eigenvalue weighted by atomic mass is 9.61. The molecule has 0 radical (unpaired) electrons. The second kappa shape index (κ2) is 7.49. The number of allylic oxidation sites excluding steroid dienone is 1. The van der Waals surface area contributed by atoms with Gasteiger partial charge in [0.05, 0.1) is 11.3 Å². The lowest BCUT2D eigenvalue weighted by Crippen LogP contribution is -2.60. The zero-order chi connectivity index (χ0) is 26.5. The molecule has 5 aliphatic rings.